The van der Waals surface area contributed by atoms with E-state index in [-0.39, 0.29) is 16.3 Å². The Hall–Kier alpha value is -0.910. The van der Waals surface area contributed by atoms with Crippen LogP contribution in [-0.4, -0.2) is 36.7 Å². The zero-order valence-corrected chi connectivity index (χ0v) is 12.4. The Morgan fingerprint density at radius 2 is 2.20 bits per heavy atom. The minimum absolute atomic E-state index is 0.0195. The van der Waals surface area contributed by atoms with Crippen molar-refractivity contribution in [2.24, 2.45) is 0 Å². The maximum absolute atomic E-state index is 12.2. The van der Waals surface area contributed by atoms with Crippen molar-refractivity contribution in [1.29, 1.82) is 0 Å². The van der Waals surface area contributed by atoms with Crippen LogP contribution >= 0.6 is 11.6 Å². The van der Waals surface area contributed by atoms with E-state index >= 15 is 0 Å². The molecule has 0 bridgehead atoms. The number of nitrogens with zero attached hydrogens (tertiary/aromatic N) is 1. The summed E-state index contributed by atoms with van der Waals surface area (Å²) >= 11 is 5.96. The van der Waals surface area contributed by atoms with Crippen molar-refractivity contribution in [2.75, 3.05) is 19.6 Å². The summed E-state index contributed by atoms with van der Waals surface area (Å²) in [5.74, 6) is 0.0195. The van der Waals surface area contributed by atoms with Crippen molar-refractivity contribution >= 4 is 11.6 Å². The fraction of sp³-hybridized carbons (Fsp3) is 0.571. The van der Waals surface area contributed by atoms with Gasteiger partial charge in [0, 0.05) is 31.7 Å². The van der Waals surface area contributed by atoms with E-state index in [0.29, 0.717) is 0 Å². The topological polar surface area (TPSA) is 24.5 Å². The molecule has 20 heavy (non-hydrogen) atoms. The number of hydrogen-bond acceptors (Lipinski definition) is 3. The lowest BCUT2D eigenvalue weighted by Gasteiger charge is -2.39. The Kier molecular flexibility index (Phi) is 4.83. The Morgan fingerprint density at radius 3 is 2.80 bits per heavy atom. The summed E-state index contributed by atoms with van der Waals surface area (Å²) in [6.45, 7) is 5.04. The zero-order valence-electron chi connectivity index (χ0n) is 11.6. The number of benzene rings is 1. The molecule has 2 rings (SSSR count). The van der Waals surface area contributed by atoms with Crippen LogP contribution in [0.15, 0.2) is 18.2 Å². The molecule has 112 valence electrons. The van der Waals surface area contributed by atoms with Gasteiger partial charge in [-0.05, 0) is 31.5 Å². The molecule has 0 saturated carbocycles. The fourth-order valence-corrected chi connectivity index (χ4v) is 2.72. The second-order valence-electron chi connectivity index (χ2n) is 5.66. The van der Waals surface area contributed by atoms with E-state index in [4.69, 9.17) is 11.6 Å². The maximum atomic E-state index is 12.2. The lowest BCUT2D eigenvalue weighted by molar-refractivity contribution is -0.0498. The Balaban J connectivity index is 2.01. The number of halogens is 3. The van der Waals surface area contributed by atoms with Gasteiger partial charge in [-0.1, -0.05) is 17.7 Å². The average Bonchev–Trinajstić information content (AvgIpc) is 2.31. The quantitative estimate of drug-likeness (QED) is 0.925. The van der Waals surface area contributed by atoms with E-state index in [2.05, 4.69) is 28.8 Å². The Morgan fingerprint density at radius 1 is 1.45 bits per heavy atom. The van der Waals surface area contributed by atoms with E-state index in [1.54, 1.807) is 12.1 Å². The van der Waals surface area contributed by atoms with E-state index in [1.807, 2.05) is 0 Å². The number of nitrogens with one attached hydrogen (secondary N) is 1. The monoisotopic (exact) mass is 304 g/mol. The molecule has 0 aliphatic carbocycles. The normalized spacial score (nSPS) is 19.3. The second kappa shape index (κ2) is 6.24. The van der Waals surface area contributed by atoms with E-state index in [9.17, 15) is 8.78 Å². The molecule has 6 heteroatoms. The largest absolute Gasteiger partial charge is 0.433 e. The highest BCUT2D eigenvalue weighted by molar-refractivity contribution is 6.32. The lowest BCUT2D eigenvalue weighted by atomic mass is 10.0. The summed E-state index contributed by atoms with van der Waals surface area (Å²) in [7, 11) is 0. The molecular formula is C14H19ClF2N2O. The number of piperazine rings is 1. The van der Waals surface area contributed by atoms with Crippen LogP contribution in [0, 0.1) is 0 Å². The first-order valence-corrected chi connectivity index (χ1v) is 6.94. The number of hydrogen-bond donors (Lipinski definition) is 1. The molecule has 3 nitrogen and oxygen atoms in total. The first-order valence-electron chi connectivity index (χ1n) is 6.56. The molecule has 0 radical (unpaired) electrons. The third kappa shape index (κ3) is 4.30. The van der Waals surface area contributed by atoms with Gasteiger partial charge in [0.05, 0.1) is 5.02 Å². The minimum atomic E-state index is -2.85. The fourth-order valence-electron chi connectivity index (χ4n) is 2.47. The second-order valence-corrected chi connectivity index (χ2v) is 6.07. The van der Waals surface area contributed by atoms with Crippen LogP contribution in [0.1, 0.15) is 19.4 Å². The van der Waals surface area contributed by atoms with Gasteiger partial charge in [0.2, 0.25) is 0 Å². The van der Waals surface area contributed by atoms with Crippen molar-refractivity contribution in [3.63, 3.8) is 0 Å². The molecule has 1 aliphatic rings. The highest BCUT2D eigenvalue weighted by Gasteiger charge is 2.25. The number of ether oxygens (including phenoxy) is 1. The molecule has 0 unspecified atom stereocenters. The van der Waals surface area contributed by atoms with Crippen LogP contribution in [0.2, 0.25) is 5.02 Å². The van der Waals surface area contributed by atoms with Gasteiger partial charge in [0.25, 0.3) is 0 Å². The summed E-state index contributed by atoms with van der Waals surface area (Å²) in [6.07, 6.45) is 0. The lowest BCUT2D eigenvalue weighted by Crippen LogP contribution is -2.56. The first kappa shape index (κ1) is 15.5. The Bertz CT molecular complexity index is 468. The Labute approximate surface area is 122 Å². The van der Waals surface area contributed by atoms with Crippen LogP contribution < -0.4 is 10.1 Å². The van der Waals surface area contributed by atoms with Crippen LogP contribution in [0.25, 0.3) is 0 Å². The molecule has 0 atom stereocenters. The summed E-state index contributed by atoms with van der Waals surface area (Å²) < 4.78 is 28.7. The van der Waals surface area contributed by atoms with Crippen LogP contribution in [0.4, 0.5) is 8.78 Å². The molecule has 1 N–H and O–H groups in total. The van der Waals surface area contributed by atoms with Gasteiger partial charge in [0.15, 0.2) is 0 Å². The standard InChI is InChI=1S/C14H19ClF2N2O/c1-14(2)9-19(6-5-18-14)8-10-3-4-12(11(15)7-10)20-13(16)17/h3-4,7,13,18H,5-6,8-9H2,1-2H3. The summed E-state index contributed by atoms with van der Waals surface area (Å²) in [5, 5.41) is 3.66. The van der Waals surface area contributed by atoms with E-state index < -0.39 is 6.61 Å². The van der Waals surface area contributed by atoms with Gasteiger partial charge in [-0.25, -0.2) is 0 Å². The maximum Gasteiger partial charge on any atom is 0.387 e. The SMILES string of the molecule is CC1(C)CN(Cc2ccc(OC(F)F)c(Cl)c2)CCN1. The highest BCUT2D eigenvalue weighted by atomic mass is 35.5. The zero-order chi connectivity index (χ0) is 14.8. The number of alkyl halides is 2. The minimum Gasteiger partial charge on any atom is -0.433 e. The van der Waals surface area contributed by atoms with Gasteiger partial charge < -0.3 is 10.1 Å². The first-order chi connectivity index (χ1) is 9.35. The molecule has 1 fully saturated rings. The van der Waals surface area contributed by atoms with Gasteiger partial charge >= 0.3 is 6.61 Å². The van der Waals surface area contributed by atoms with Crippen molar-refractivity contribution in [3.05, 3.63) is 28.8 Å². The molecule has 0 aromatic heterocycles. The molecule has 1 aromatic carbocycles. The number of rotatable bonds is 4. The van der Waals surface area contributed by atoms with Crippen molar-refractivity contribution in [2.45, 2.75) is 32.5 Å². The van der Waals surface area contributed by atoms with Gasteiger partial charge in [-0.15, -0.1) is 0 Å². The van der Waals surface area contributed by atoms with E-state index in [0.717, 1.165) is 31.7 Å². The van der Waals surface area contributed by atoms with Crippen molar-refractivity contribution in [3.8, 4) is 5.75 Å². The molecule has 1 aromatic rings. The van der Waals surface area contributed by atoms with Gasteiger partial charge in [-0.3, -0.25) is 4.90 Å². The predicted octanol–water partition coefficient (Wildman–Crippen LogP) is 3.13. The highest BCUT2D eigenvalue weighted by Crippen LogP contribution is 2.27. The van der Waals surface area contributed by atoms with Crippen molar-refractivity contribution in [1.82, 2.24) is 10.2 Å². The average molecular weight is 305 g/mol. The van der Waals surface area contributed by atoms with Crippen LogP contribution in [0.5, 0.6) is 5.75 Å². The molecule has 0 amide bonds. The summed E-state index contributed by atoms with van der Waals surface area (Å²) in [6, 6.07) is 4.96. The molecular weight excluding hydrogens is 286 g/mol. The molecule has 1 aliphatic heterocycles. The van der Waals surface area contributed by atoms with Crippen LogP contribution in [0.3, 0.4) is 0 Å². The van der Waals surface area contributed by atoms with Gasteiger partial charge in [-0.2, -0.15) is 8.78 Å². The summed E-state index contributed by atoms with van der Waals surface area (Å²) in [5.41, 5.74) is 1.08. The van der Waals surface area contributed by atoms with Crippen molar-refractivity contribution < 1.29 is 13.5 Å². The molecule has 1 heterocycles. The molecule has 0 spiro atoms. The molecule has 1 saturated heterocycles. The van der Waals surface area contributed by atoms with E-state index in [1.165, 1.54) is 6.07 Å². The third-order valence-electron chi connectivity index (χ3n) is 3.27. The summed E-state index contributed by atoms with van der Waals surface area (Å²) in [4.78, 5) is 2.32. The van der Waals surface area contributed by atoms with Gasteiger partial charge in [0.1, 0.15) is 5.75 Å². The third-order valence-corrected chi connectivity index (χ3v) is 3.56. The predicted molar refractivity (Wildman–Crippen MR) is 75.4 cm³/mol. The smallest absolute Gasteiger partial charge is 0.387 e. The van der Waals surface area contributed by atoms with Crippen LogP contribution in [-0.2, 0) is 6.54 Å².